The molecular weight excluding hydrogens is 378 g/mol. The second-order valence-corrected chi connectivity index (χ2v) is 7.02. The smallest absolute Gasteiger partial charge is 0.279 e. The van der Waals surface area contributed by atoms with Gasteiger partial charge in [-0.05, 0) is 43.2 Å². The summed E-state index contributed by atoms with van der Waals surface area (Å²) in [5, 5.41) is 6.30. The summed E-state index contributed by atoms with van der Waals surface area (Å²) in [4.78, 5) is 25.7. The number of amides is 2. The predicted molar refractivity (Wildman–Crippen MR) is 112 cm³/mol. The van der Waals surface area contributed by atoms with Gasteiger partial charge >= 0.3 is 0 Å². The molecule has 1 unspecified atom stereocenters. The molecule has 1 atom stereocenters. The molecule has 2 rings (SSSR count). The fraction of sp³-hybridized carbons (Fsp3) is 0.333. The molecule has 150 valence electrons. The minimum atomic E-state index is -0.167. The Labute approximate surface area is 170 Å². The van der Waals surface area contributed by atoms with Crippen molar-refractivity contribution < 1.29 is 19.2 Å². The number of aryl methyl sites for hydroxylation is 1. The van der Waals surface area contributed by atoms with Gasteiger partial charge in [0.1, 0.15) is 5.75 Å². The summed E-state index contributed by atoms with van der Waals surface area (Å²) in [7, 11) is 1.56. The minimum absolute atomic E-state index is 0.159. The number of carbonyl (C=O) groups is 2. The molecule has 2 amide bonds. The van der Waals surface area contributed by atoms with Crippen molar-refractivity contribution in [2.24, 2.45) is 0 Å². The maximum atomic E-state index is 12.5. The topological polar surface area (TPSA) is 71.9 Å². The Morgan fingerprint density at radius 3 is 2.39 bits per heavy atom. The van der Waals surface area contributed by atoms with Crippen LogP contribution >= 0.6 is 11.6 Å². The van der Waals surface area contributed by atoms with E-state index in [0.29, 0.717) is 28.7 Å². The van der Waals surface area contributed by atoms with Gasteiger partial charge in [0, 0.05) is 10.7 Å². The number of quaternary nitrogens is 1. The van der Waals surface area contributed by atoms with Gasteiger partial charge in [0.25, 0.3) is 11.8 Å². The molecule has 0 fully saturated rings. The summed E-state index contributed by atoms with van der Waals surface area (Å²) in [6, 6.07) is 12.6. The first kappa shape index (κ1) is 21.7. The Morgan fingerprint density at radius 2 is 1.75 bits per heavy atom. The number of halogens is 1. The Morgan fingerprint density at radius 1 is 1.07 bits per heavy atom. The summed E-state index contributed by atoms with van der Waals surface area (Å²) < 4.78 is 5.25. The van der Waals surface area contributed by atoms with E-state index in [9.17, 15) is 9.59 Å². The highest BCUT2D eigenvalue weighted by Crippen LogP contribution is 2.22. The highest BCUT2D eigenvalue weighted by molar-refractivity contribution is 6.31. The first-order chi connectivity index (χ1) is 13.4. The molecule has 7 heteroatoms. The number of rotatable bonds is 9. The quantitative estimate of drug-likeness (QED) is 0.601. The van der Waals surface area contributed by atoms with Gasteiger partial charge in [-0.1, -0.05) is 36.7 Å². The molecule has 6 nitrogen and oxygen atoms in total. The number of hydrogen-bond donors (Lipinski definition) is 3. The average Bonchev–Trinajstić information content (AvgIpc) is 2.65. The van der Waals surface area contributed by atoms with Crippen molar-refractivity contribution in [3.8, 4) is 5.75 Å². The number of carbonyl (C=O) groups excluding carboxylic acids is 2. The highest BCUT2D eigenvalue weighted by atomic mass is 35.5. The molecule has 0 aliphatic rings. The molecule has 28 heavy (non-hydrogen) atoms. The fourth-order valence-corrected chi connectivity index (χ4v) is 3.05. The maximum Gasteiger partial charge on any atom is 0.279 e. The monoisotopic (exact) mass is 404 g/mol. The molecule has 0 spiro atoms. The third kappa shape index (κ3) is 6.55. The molecule has 0 saturated carbocycles. The summed E-state index contributed by atoms with van der Waals surface area (Å²) in [6.45, 7) is 5.02. The van der Waals surface area contributed by atoms with Crippen molar-refractivity contribution in [3.63, 3.8) is 0 Å². The predicted octanol–water partition coefficient (Wildman–Crippen LogP) is 2.53. The number of ether oxygens (including phenoxy) is 1. The molecule has 0 saturated heterocycles. The van der Waals surface area contributed by atoms with Gasteiger partial charge in [0.05, 0.1) is 19.3 Å². The van der Waals surface area contributed by atoms with Crippen molar-refractivity contribution in [1.29, 1.82) is 0 Å². The van der Waals surface area contributed by atoms with Crippen molar-refractivity contribution in [1.82, 2.24) is 0 Å². The molecule has 0 radical (unpaired) electrons. The number of anilines is 2. The van der Waals surface area contributed by atoms with Crippen LogP contribution in [0.15, 0.2) is 42.5 Å². The number of benzene rings is 2. The molecule has 3 N–H and O–H groups in total. The van der Waals surface area contributed by atoms with Gasteiger partial charge in [-0.25, -0.2) is 0 Å². The van der Waals surface area contributed by atoms with Crippen molar-refractivity contribution >= 4 is 34.8 Å². The van der Waals surface area contributed by atoms with E-state index in [1.54, 1.807) is 25.3 Å². The molecule has 2 aromatic carbocycles. The lowest BCUT2D eigenvalue weighted by molar-refractivity contribution is -0.883. The first-order valence-corrected chi connectivity index (χ1v) is 9.63. The van der Waals surface area contributed by atoms with Gasteiger partial charge in [-0.15, -0.1) is 0 Å². The summed E-state index contributed by atoms with van der Waals surface area (Å²) in [5.41, 5.74) is 2.21. The highest BCUT2D eigenvalue weighted by Gasteiger charge is 2.18. The summed E-state index contributed by atoms with van der Waals surface area (Å²) in [6.07, 6.45) is 0.862. The SMILES string of the molecule is CCC[NH+](CC(=O)Nc1ccc(C)c(Cl)c1)CC(=O)Nc1ccccc1OC. The maximum absolute atomic E-state index is 12.5. The molecule has 0 heterocycles. The van der Waals surface area contributed by atoms with Gasteiger partial charge in [0.2, 0.25) is 0 Å². The minimum Gasteiger partial charge on any atom is -0.495 e. The van der Waals surface area contributed by atoms with E-state index in [1.165, 1.54) is 0 Å². The Hall–Kier alpha value is -2.57. The fourth-order valence-electron chi connectivity index (χ4n) is 2.87. The van der Waals surface area contributed by atoms with Crippen molar-refractivity contribution in [3.05, 3.63) is 53.1 Å². The Balaban J connectivity index is 1.95. The van der Waals surface area contributed by atoms with Gasteiger partial charge in [-0.3, -0.25) is 9.59 Å². The molecule has 0 bridgehead atoms. The lowest BCUT2D eigenvalue weighted by Gasteiger charge is -2.18. The number of hydrogen-bond acceptors (Lipinski definition) is 3. The van der Waals surface area contributed by atoms with Gasteiger partial charge in [0.15, 0.2) is 13.1 Å². The standard InChI is InChI=1S/C21H26ClN3O3/c1-4-11-25(13-20(26)23-16-10-9-15(2)17(22)12-16)14-21(27)24-18-7-5-6-8-19(18)28-3/h5-10,12H,4,11,13-14H2,1-3H3,(H,23,26)(H,24,27)/p+1. The molecule has 0 aromatic heterocycles. The van der Waals surface area contributed by atoms with Crippen molar-refractivity contribution in [2.75, 3.05) is 37.4 Å². The number of para-hydroxylation sites is 2. The van der Waals surface area contributed by atoms with Crippen LogP contribution in [0.1, 0.15) is 18.9 Å². The van der Waals surface area contributed by atoms with E-state index in [2.05, 4.69) is 10.6 Å². The third-order valence-corrected chi connectivity index (χ3v) is 4.67. The third-order valence-electron chi connectivity index (χ3n) is 4.26. The van der Waals surface area contributed by atoms with Gasteiger partial charge in [-0.2, -0.15) is 0 Å². The first-order valence-electron chi connectivity index (χ1n) is 9.25. The van der Waals surface area contributed by atoms with Crippen LogP contribution < -0.4 is 20.3 Å². The van der Waals surface area contributed by atoms with E-state index in [-0.39, 0.29) is 24.9 Å². The van der Waals surface area contributed by atoms with Crippen LogP contribution in [0.5, 0.6) is 5.75 Å². The Kier molecular flexibility index (Phi) is 8.29. The lowest BCUT2D eigenvalue weighted by atomic mass is 10.2. The second-order valence-electron chi connectivity index (χ2n) is 6.61. The van der Waals surface area contributed by atoms with Crippen LogP contribution in [0, 0.1) is 6.92 Å². The van der Waals surface area contributed by atoms with Gasteiger partial charge < -0.3 is 20.3 Å². The van der Waals surface area contributed by atoms with E-state index in [4.69, 9.17) is 16.3 Å². The summed E-state index contributed by atoms with van der Waals surface area (Å²) in [5.74, 6) is 0.273. The Bertz CT molecular complexity index is 826. The normalized spacial score (nSPS) is 11.6. The van der Waals surface area contributed by atoms with Crippen LogP contribution in [0.3, 0.4) is 0 Å². The molecular formula is C21H27ClN3O3+. The van der Waals surface area contributed by atoms with Crippen LogP contribution in [-0.4, -0.2) is 38.6 Å². The zero-order chi connectivity index (χ0) is 20.5. The average molecular weight is 405 g/mol. The largest absolute Gasteiger partial charge is 0.495 e. The number of nitrogens with one attached hydrogen (secondary N) is 3. The van der Waals surface area contributed by atoms with E-state index >= 15 is 0 Å². The molecule has 2 aromatic rings. The van der Waals surface area contributed by atoms with Crippen LogP contribution in [0.4, 0.5) is 11.4 Å². The van der Waals surface area contributed by atoms with E-state index in [0.717, 1.165) is 16.9 Å². The molecule has 0 aliphatic carbocycles. The molecule has 0 aliphatic heterocycles. The van der Waals surface area contributed by atoms with Crippen LogP contribution in [-0.2, 0) is 9.59 Å². The second kappa shape index (κ2) is 10.7. The summed E-state index contributed by atoms with van der Waals surface area (Å²) >= 11 is 6.10. The van der Waals surface area contributed by atoms with Crippen LogP contribution in [0.2, 0.25) is 5.02 Å². The lowest BCUT2D eigenvalue weighted by Crippen LogP contribution is -3.14. The van der Waals surface area contributed by atoms with Crippen LogP contribution in [0.25, 0.3) is 0 Å². The zero-order valence-electron chi connectivity index (χ0n) is 16.5. The van der Waals surface area contributed by atoms with Crippen molar-refractivity contribution in [2.45, 2.75) is 20.3 Å². The zero-order valence-corrected chi connectivity index (χ0v) is 17.2. The van der Waals surface area contributed by atoms with E-state index < -0.39 is 0 Å². The number of methoxy groups -OCH3 is 1. The van der Waals surface area contributed by atoms with E-state index in [1.807, 2.05) is 38.1 Å².